The number of nitrogens with zero attached hydrogens (tertiary/aromatic N) is 1. The normalized spacial score (nSPS) is 21.0. The Hall–Kier alpha value is -3.43. The van der Waals surface area contributed by atoms with Gasteiger partial charge in [0.25, 0.3) is 5.91 Å². The van der Waals surface area contributed by atoms with E-state index in [-0.39, 0.29) is 11.3 Å². The van der Waals surface area contributed by atoms with Gasteiger partial charge in [0.05, 0.1) is 0 Å². The average molecular weight is 433 g/mol. The number of fused-ring (bicyclic) bond motifs is 2. The molecule has 1 amide bonds. The van der Waals surface area contributed by atoms with Gasteiger partial charge in [0, 0.05) is 37.2 Å². The second kappa shape index (κ2) is 8.17. The standard InChI is InChI=1S/C30H28N2O/c33-29(26-17-9-11-22-10-7-8-16-25(22)26)31-18-19-32-20-27-28(21-32)30(27,23-12-3-1-4-13-23)24-14-5-2-6-15-24/h1-17,27-28H,18-21H2,(H,31,33). The lowest BCUT2D eigenvalue weighted by Crippen LogP contribution is -2.37. The van der Waals surface area contributed by atoms with Crippen molar-refractivity contribution >= 4 is 16.7 Å². The van der Waals surface area contributed by atoms with Gasteiger partial charge in [0.15, 0.2) is 0 Å². The van der Waals surface area contributed by atoms with Gasteiger partial charge in [-0.3, -0.25) is 4.79 Å². The van der Waals surface area contributed by atoms with Crippen LogP contribution in [0.25, 0.3) is 10.8 Å². The molecule has 1 heterocycles. The minimum absolute atomic E-state index is 0.0130. The molecule has 1 aliphatic carbocycles. The minimum Gasteiger partial charge on any atom is -0.351 e. The number of carbonyl (C=O) groups excluding carboxylic acids is 1. The van der Waals surface area contributed by atoms with E-state index in [0.717, 1.165) is 36.0 Å². The Balaban J connectivity index is 1.11. The third-order valence-electron chi connectivity index (χ3n) is 7.71. The van der Waals surface area contributed by atoms with Crippen LogP contribution in [0.15, 0.2) is 103 Å². The smallest absolute Gasteiger partial charge is 0.251 e. The van der Waals surface area contributed by atoms with Crippen molar-refractivity contribution in [1.29, 1.82) is 0 Å². The Labute approximate surface area is 195 Å². The number of nitrogens with one attached hydrogen (secondary N) is 1. The summed E-state index contributed by atoms with van der Waals surface area (Å²) < 4.78 is 0. The maximum absolute atomic E-state index is 12.8. The molecule has 0 aromatic heterocycles. The highest BCUT2D eigenvalue weighted by atomic mass is 16.1. The zero-order chi connectivity index (χ0) is 22.3. The molecule has 0 spiro atoms. The zero-order valence-corrected chi connectivity index (χ0v) is 18.7. The molecule has 4 aromatic rings. The zero-order valence-electron chi connectivity index (χ0n) is 18.7. The molecule has 2 unspecified atom stereocenters. The molecular formula is C30H28N2O. The van der Waals surface area contributed by atoms with E-state index in [0.29, 0.717) is 18.4 Å². The van der Waals surface area contributed by atoms with Gasteiger partial charge in [-0.1, -0.05) is 97.1 Å². The van der Waals surface area contributed by atoms with Crippen molar-refractivity contribution in [3.05, 3.63) is 120 Å². The van der Waals surface area contributed by atoms with E-state index < -0.39 is 0 Å². The van der Waals surface area contributed by atoms with Crippen molar-refractivity contribution in [1.82, 2.24) is 10.2 Å². The van der Waals surface area contributed by atoms with Crippen LogP contribution in [0.2, 0.25) is 0 Å². The van der Waals surface area contributed by atoms with E-state index >= 15 is 0 Å². The summed E-state index contributed by atoms with van der Waals surface area (Å²) >= 11 is 0. The highest BCUT2D eigenvalue weighted by Crippen LogP contribution is 2.66. The van der Waals surface area contributed by atoms with Crippen LogP contribution in [0.4, 0.5) is 0 Å². The van der Waals surface area contributed by atoms with Crippen molar-refractivity contribution in [3.63, 3.8) is 0 Å². The van der Waals surface area contributed by atoms with Crippen molar-refractivity contribution in [2.75, 3.05) is 26.2 Å². The Morgan fingerprint density at radius 1 is 0.758 bits per heavy atom. The van der Waals surface area contributed by atoms with E-state index in [9.17, 15) is 4.79 Å². The van der Waals surface area contributed by atoms with Crippen LogP contribution in [-0.2, 0) is 5.41 Å². The highest BCUT2D eigenvalue weighted by Gasteiger charge is 2.69. The first-order valence-electron chi connectivity index (χ1n) is 11.9. The fourth-order valence-corrected chi connectivity index (χ4v) is 6.19. The molecule has 164 valence electrons. The third-order valence-corrected chi connectivity index (χ3v) is 7.71. The fraction of sp³-hybridized carbons (Fsp3) is 0.233. The Morgan fingerprint density at radius 3 is 2.00 bits per heavy atom. The molecule has 0 bridgehead atoms. The number of likely N-dealkylation sites (tertiary alicyclic amines) is 1. The van der Waals surface area contributed by atoms with E-state index in [2.05, 4.69) is 70.9 Å². The molecule has 4 aromatic carbocycles. The van der Waals surface area contributed by atoms with Crippen LogP contribution in [0, 0.1) is 11.8 Å². The number of hydrogen-bond donors (Lipinski definition) is 1. The molecule has 2 aliphatic rings. The van der Waals surface area contributed by atoms with Gasteiger partial charge < -0.3 is 10.2 Å². The minimum atomic E-state index is 0.0130. The van der Waals surface area contributed by atoms with Gasteiger partial charge in [-0.05, 0) is 39.8 Å². The second-order valence-electron chi connectivity index (χ2n) is 9.36. The van der Waals surface area contributed by atoms with Crippen LogP contribution in [-0.4, -0.2) is 37.0 Å². The summed E-state index contributed by atoms with van der Waals surface area (Å²) in [6.07, 6.45) is 0. The molecule has 2 atom stereocenters. The van der Waals surface area contributed by atoms with Crippen LogP contribution in [0.1, 0.15) is 21.5 Å². The van der Waals surface area contributed by atoms with Crippen molar-refractivity contribution in [2.24, 2.45) is 11.8 Å². The first kappa shape index (κ1) is 20.2. The van der Waals surface area contributed by atoms with Crippen LogP contribution in [0.5, 0.6) is 0 Å². The van der Waals surface area contributed by atoms with Crippen LogP contribution in [0.3, 0.4) is 0 Å². The largest absolute Gasteiger partial charge is 0.351 e. The summed E-state index contributed by atoms with van der Waals surface area (Å²) in [6.45, 7) is 3.73. The lowest BCUT2D eigenvalue weighted by molar-refractivity contribution is 0.0950. The SMILES string of the molecule is O=C(NCCN1CC2C(C1)C2(c1ccccc1)c1ccccc1)c1cccc2ccccc12. The molecular weight excluding hydrogens is 404 g/mol. The molecule has 1 aliphatic heterocycles. The molecule has 1 saturated heterocycles. The van der Waals surface area contributed by atoms with Gasteiger partial charge >= 0.3 is 0 Å². The molecule has 1 saturated carbocycles. The van der Waals surface area contributed by atoms with Crippen LogP contribution >= 0.6 is 0 Å². The Bertz CT molecular complexity index is 1230. The number of piperidine rings is 1. The lowest BCUT2D eigenvalue weighted by atomic mass is 9.83. The van der Waals surface area contributed by atoms with Gasteiger partial charge in [-0.25, -0.2) is 0 Å². The van der Waals surface area contributed by atoms with Crippen molar-refractivity contribution in [3.8, 4) is 0 Å². The fourth-order valence-electron chi connectivity index (χ4n) is 6.19. The summed E-state index contributed by atoms with van der Waals surface area (Å²) in [5, 5.41) is 5.26. The molecule has 0 radical (unpaired) electrons. The first-order valence-corrected chi connectivity index (χ1v) is 11.9. The predicted molar refractivity (Wildman–Crippen MR) is 133 cm³/mol. The monoisotopic (exact) mass is 432 g/mol. The summed E-state index contributed by atoms with van der Waals surface area (Å²) in [4.78, 5) is 15.4. The van der Waals surface area contributed by atoms with E-state index in [1.807, 2.05) is 42.5 Å². The molecule has 3 nitrogen and oxygen atoms in total. The van der Waals surface area contributed by atoms with Gasteiger partial charge in [0.1, 0.15) is 0 Å². The lowest BCUT2D eigenvalue weighted by Gasteiger charge is -2.28. The van der Waals surface area contributed by atoms with Gasteiger partial charge in [-0.15, -0.1) is 0 Å². The molecule has 1 N–H and O–H groups in total. The van der Waals surface area contributed by atoms with Gasteiger partial charge in [0.2, 0.25) is 0 Å². The maximum Gasteiger partial charge on any atom is 0.251 e. The van der Waals surface area contributed by atoms with E-state index in [1.165, 1.54) is 11.1 Å². The maximum atomic E-state index is 12.8. The Morgan fingerprint density at radius 2 is 1.33 bits per heavy atom. The summed E-state index contributed by atoms with van der Waals surface area (Å²) in [5.74, 6) is 1.28. The van der Waals surface area contributed by atoms with Crippen molar-refractivity contribution in [2.45, 2.75) is 5.41 Å². The molecule has 2 fully saturated rings. The number of carbonyl (C=O) groups is 1. The van der Waals surface area contributed by atoms with Crippen LogP contribution < -0.4 is 5.32 Å². The summed E-state index contributed by atoms with van der Waals surface area (Å²) in [5.41, 5.74) is 3.78. The number of rotatable bonds is 6. The summed E-state index contributed by atoms with van der Waals surface area (Å²) in [7, 11) is 0. The average Bonchev–Trinajstić information content (AvgIpc) is 3.28. The number of benzene rings is 4. The second-order valence-corrected chi connectivity index (χ2v) is 9.36. The Kier molecular flexibility index (Phi) is 5.00. The topological polar surface area (TPSA) is 32.3 Å². The van der Waals surface area contributed by atoms with Gasteiger partial charge in [-0.2, -0.15) is 0 Å². The predicted octanol–water partition coefficient (Wildman–Crippen LogP) is 5.12. The molecule has 3 heteroatoms. The number of amides is 1. The quantitative estimate of drug-likeness (QED) is 0.459. The highest BCUT2D eigenvalue weighted by molar-refractivity contribution is 6.06. The number of hydrogen-bond acceptors (Lipinski definition) is 2. The summed E-state index contributed by atoms with van der Waals surface area (Å²) in [6, 6.07) is 36.0. The molecule has 33 heavy (non-hydrogen) atoms. The van der Waals surface area contributed by atoms with E-state index in [1.54, 1.807) is 0 Å². The van der Waals surface area contributed by atoms with Crippen molar-refractivity contribution < 1.29 is 4.79 Å². The first-order chi connectivity index (χ1) is 16.3. The molecule has 6 rings (SSSR count). The van der Waals surface area contributed by atoms with E-state index in [4.69, 9.17) is 0 Å². The third kappa shape index (κ3) is 3.35.